The zero-order valence-electron chi connectivity index (χ0n) is 11.3. The number of hydrogen-bond acceptors (Lipinski definition) is 0. The van der Waals surface area contributed by atoms with Gasteiger partial charge in [-0.2, -0.15) is 0 Å². The molecule has 0 fully saturated rings. The summed E-state index contributed by atoms with van der Waals surface area (Å²) in [5, 5.41) is 0. The molecule has 0 N–H and O–H groups in total. The summed E-state index contributed by atoms with van der Waals surface area (Å²) >= 11 is 0. The fourth-order valence-electron chi connectivity index (χ4n) is 3.21. The van der Waals surface area contributed by atoms with Crippen molar-refractivity contribution in [1.82, 2.24) is 0 Å². The van der Waals surface area contributed by atoms with Gasteiger partial charge >= 0.3 is 0 Å². The van der Waals surface area contributed by atoms with E-state index >= 15 is 0 Å². The van der Waals surface area contributed by atoms with Crippen LogP contribution in [0.3, 0.4) is 0 Å². The Morgan fingerprint density at radius 3 is 2.00 bits per heavy atom. The van der Waals surface area contributed by atoms with Gasteiger partial charge in [-0.1, -0.05) is 61.0 Å². The van der Waals surface area contributed by atoms with Crippen LogP contribution in [0, 0.1) is 0 Å². The molecule has 0 aromatic heterocycles. The molecule has 0 saturated heterocycles. The zero-order valence-corrected chi connectivity index (χ0v) is 11.3. The van der Waals surface area contributed by atoms with Crippen molar-refractivity contribution in [3.8, 4) is 11.1 Å². The Hall–Kier alpha value is -1.82. The Morgan fingerprint density at radius 1 is 0.842 bits per heavy atom. The van der Waals surface area contributed by atoms with E-state index in [1.54, 1.807) is 0 Å². The summed E-state index contributed by atoms with van der Waals surface area (Å²) in [4.78, 5) is 0. The van der Waals surface area contributed by atoms with Gasteiger partial charge < -0.3 is 0 Å². The standard InChI is InChI=1S/C19H20/c1-2-3-4-5-10-15-16-11-6-8-13-18(16)19-14-9-7-12-17(15)19/h2,6-9,11-15H,1,3-5,10H2. The molecule has 0 radical (unpaired) electrons. The molecule has 0 atom stereocenters. The number of allylic oxidation sites excluding steroid dienone is 1. The molecule has 0 saturated carbocycles. The van der Waals surface area contributed by atoms with Crippen molar-refractivity contribution in [2.24, 2.45) is 0 Å². The lowest BCUT2D eigenvalue weighted by molar-refractivity contribution is 0.639. The summed E-state index contributed by atoms with van der Waals surface area (Å²) in [6.45, 7) is 3.80. The van der Waals surface area contributed by atoms with Crippen LogP contribution >= 0.6 is 0 Å². The van der Waals surface area contributed by atoms with Gasteiger partial charge in [-0.15, -0.1) is 6.58 Å². The first kappa shape index (κ1) is 12.2. The lowest BCUT2D eigenvalue weighted by Crippen LogP contribution is -1.96. The topological polar surface area (TPSA) is 0 Å². The molecule has 3 rings (SSSR count). The molecule has 2 aromatic carbocycles. The van der Waals surface area contributed by atoms with Crippen molar-refractivity contribution in [3.05, 3.63) is 72.3 Å². The van der Waals surface area contributed by atoms with Gasteiger partial charge in [0, 0.05) is 5.92 Å². The van der Waals surface area contributed by atoms with Crippen LogP contribution in [0.2, 0.25) is 0 Å². The van der Waals surface area contributed by atoms with Crippen LogP contribution in [-0.2, 0) is 0 Å². The van der Waals surface area contributed by atoms with Gasteiger partial charge in [0.1, 0.15) is 0 Å². The highest BCUT2D eigenvalue weighted by Gasteiger charge is 2.26. The van der Waals surface area contributed by atoms with Crippen molar-refractivity contribution in [2.45, 2.75) is 31.6 Å². The average Bonchev–Trinajstić information content (AvgIpc) is 2.78. The third-order valence-corrected chi connectivity index (χ3v) is 4.11. The quantitative estimate of drug-likeness (QED) is 0.481. The molecule has 0 nitrogen and oxygen atoms in total. The summed E-state index contributed by atoms with van der Waals surface area (Å²) in [7, 11) is 0. The highest BCUT2D eigenvalue weighted by molar-refractivity contribution is 5.78. The minimum absolute atomic E-state index is 0.595. The first-order valence-corrected chi connectivity index (χ1v) is 7.21. The maximum atomic E-state index is 3.80. The van der Waals surface area contributed by atoms with Crippen molar-refractivity contribution < 1.29 is 0 Å². The van der Waals surface area contributed by atoms with Crippen LogP contribution in [0.15, 0.2) is 61.2 Å². The first-order valence-electron chi connectivity index (χ1n) is 7.21. The molecule has 0 unspecified atom stereocenters. The van der Waals surface area contributed by atoms with Crippen LogP contribution in [0.25, 0.3) is 11.1 Å². The van der Waals surface area contributed by atoms with E-state index < -0.39 is 0 Å². The van der Waals surface area contributed by atoms with Gasteiger partial charge in [-0.25, -0.2) is 0 Å². The third-order valence-electron chi connectivity index (χ3n) is 4.11. The minimum Gasteiger partial charge on any atom is -0.103 e. The van der Waals surface area contributed by atoms with Gasteiger partial charge in [-0.3, -0.25) is 0 Å². The highest BCUT2D eigenvalue weighted by atomic mass is 14.3. The second-order valence-corrected chi connectivity index (χ2v) is 5.30. The molecule has 0 bridgehead atoms. The van der Waals surface area contributed by atoms with Crippen molar-refractivity contribution in [3.63, 3.8) is 0 Å². The molecule has 2 aromatic rings. The van der Waals surface area contributed by atoms with E-state index in [1.807, 2.05) is 6.08 Å². The van der Waals surface area contributed by atoms with Crippen molar-refractivity contribution in [2.75, 3.05) is 0 Å². The predicted octanol–water partition coefficient (Wildman–Crippen LogP) is 5.55. The Labute approximate surface area is 115 Å². The fraction of sp³-hybridized carbons (Fsp3) is 0.263. The van der Waals surface area contributed by atoms with Crippen LogP contribution in [0.5, 0.6) is 0 Å². The van der Waals surface area contributed by atoms with E-state index in [1.165, 1.54) is 41.5 Å². The number of benzene rings is 2. The molecule has 1 aliphatic rings. The van der Waals surface area contributed by atoms with E-state index in [0.717, 1.165) is 6.42 Å². The van der Waals surface area contributed by atoms with Crippen molar-refractivity contribution >= 4 is 0 Å². The van der Waals surface area contributed by atoms with Gasteiger partial charge in [-0.05, 0) is 41.5 Å². The highest BCUT2D eigenvalue weighted by Crippen LogP contribution is 2.46. The molecular weight excluding hydrogens is 228 g/mol. The number of unbranched alkanes of at least 4 members (excludes halogenated alkanes) is 2. The smallest absolute Gasteiger partial charge is 0.0102 e. The largest absolute Gasteiger partial charge is 0.103 e. The Bertz CT molecular complexity index is 535. The molecule has 0 heterocycles. The Kier molecular flexibility index (Phi) is 3.50. The predicted molar refractivity (Wildman–Crippen MR) is 82.4 cm³/mol. The van der Waals surface area contributed by atoms with Gasteiger partial charge in [0.2, 0.25) is 0 Å². The third kappa shape index (κ3) is 2.23. The minimum atomic E-state index is 0.595. The Morgan fingerprint density at radius 2 is 1.42 bits per heavy atom. The van der Waals surface area contributed by atoms with Gasteiger partial charge in [0.05, 0.1) is 0 Å². The molecular formula is C19H20. The van der Waals surface area contributed by atoms with Crippen LogP contribution in [0.1, 0.15) is 42.7 Å². The number of rotatable bonds is 5. The summed E-state index contributed by atoms with van der Waals surface area (Å²) in [6, 6.07) is 17.8. The van der Waals surface area contributed by atoms with E-state index in [4.69, 9.17) is 0 Å². The fourth-order valence-corrected chi connectivity index (χ4v) is 3.21. The summed E-state index contributed by atoms with van der Waals surface area (Å²) < 4.78 is 0. The second kappa shape index (κ2) is 5.44. The molecule has 19 heavy (non-hydrogen) atoms. The molecule has 0 spiro atoms. The van der Waals surface area contributed by atoms with E-state index in [2.05, 4.69) is 55.1 Å². The van der Waals surface area contributed by atoms with E-state index in [0.29, 0.717) is 5.92 Å². The van der Waals surface area contributed by atoms with Crippen LogP contribution < -0.4 is 0 Å². The van der Waals surface area contributed by atoms with Gasteiger partial charge in [0.15, 0.2) is 0 Å². The molecule has 0 heteroatoms. The molecule has 1 aliphatic carbocycles. The van der Waals surface area contributed by atoms with E-state index in [-0.39, 0.29) is 0 Å². The van der Waals surface area contributed by atoms with Crippen LogP contribution in [0.4, 0.5) is 0 Å². The summed E-state index contributed by atoms with van der Waals surface area (Å²) in [5.74, 6) is 0.595. The van der Waals surface area contributed by atoms with Gasteiger partial charge in [0.25, 0.3) is 0 Å². The van der Waals surface area contributed by atoms with Crippen molar-refractivity contribution in [1.29, 1.82) is 0 Å². The lowest BCUT2D eigenvalue weighted by Gasteiger charge is -2.13. The number of fused-ring (bicyclic) bond motifs is 3. The van der Waals surface area contributed by atoms with Crippen LogP contribution in [-0.4, -0.2) is 0 Å². The molecule has 0 amide bonds. The maximum Gasteiger partial charge on any atom is 0.0102 e. The lowest BCUT2D eigenvalue weighted by atomic mass is 9.91. The summed E-state index contributed by atoms with van der Waals surface area (Å²) in [6.07, 6.45) is 6.94. The molecule has 0 aliphatic heterocycles. The van der Waals surface area contributed by atoms with E-state index in [9.17, 15) is 0 Å². The monoisotopic (exact) mass is 248 g/mol. The zero-order chi connectivity index (χ0) is 13.1. The maximum absolute atomic E-state index is 3.80. The normalized spacial score (nSPS) is 13.1. The Balaban J connectivity index is 1.89. The summed E-state index contributed by atoms with van der Waals surface area (Å²) in [5.41, 5.74) is 5.91. The SMILES string of the molecule is C=CCCCCC1c2ccccc2-c2ccccc21. The number of hydrogen-bond donors (Lipinski definition) is 0. The first-order chi connectivity index (χ1) is 9.42. The molecule has 96 valence electrons. The second-order valence-electron chi connectivity index (χ2n) is 5.30. The average molecular weight is 248 g/mol.